The maximum Gasteiger partial charge on any atom is 0.226 e. The molecule has 1 atom stereocenters. The van der Waals surface area contributed by atoms with Gasteiger partial charge >= 0.3 is 0 Å². The Bertz CT molecular complexity index is 573. The monoisotopic (exact) mass is 248 g/mol. The first-order valence-electron chi connectivity index (χ1n) is 5.32. The van der Waals surface area contributed by atoms with Gasteiger partial charge in [0.05, 0.1) is 0 Å². The molecule has 2 aromatic rings. The number of carbonyl (C=O) groups excluding carboxylic acids is 1. The Kier molecular flexibility index (Phi) is 2.19. The SMILES string of the molecule is Cn1nc(N)c2c1NC(=O)CC2c1cccs1. The molecule has 0 aliphatic carbocycles. The van der Waals surface area contributed by atoms with E-state index >= 15 is 0 Å². The quantitative estimate of drug-likeness (QED) is 0.804. The van der Waals surface area contributed by atoms with Gasteiger partial charge in [0.1, 0.15) is 5.82 Å². The van der Waals surface area contributed by atoms with E-state index in [-0.39, 0.29) is 11.8 Å². The van der Waals surface area contributed by atoms with Gasteiger partial charge in [-0.25, -0.2) is 0 Å². The lowest BCUT2D eigenvalue weighted by Gasteiger charge is -2.22. The first-order chi connectivity index (χ1) is 8.16. The summed E-state index contributed by atoms with van der Waals surface area (Å²) in [5.74, 6) is 1.27. The van der Waals surface area contributed by atoms with E-state index in [4.69, 9.17) is 5.73 Å². The maximum absolute atomic E-state index is 11.7. The summed E-state index contributed by atoms with van der Waals surface area (Å²) < 4.78 is 1.63. The highest BCUT2D eigenvalue weighted by Crippen LogP contribution is 2.41. The van der Waals surface area contributed by atoms with E-state index < -0.39 is 0 Å². The van der Waals surface area contributed by atoms with Crippen molar-refractivity contribution >= 4 is 28.9 Å². The van der Waals surface area contributed by atoms with Gasteiger partial charge in [-0.05, 0) is 11.4 Å². The molecule has 0 bridgehead atoms. The number of fused-ring (bicyclic) bond motifs is 1. The molecule has 3 N–H and O–H groups in total. The molecule has 0 fully saturated rings. The molecule has 0 saturated heterocycles. The molecule has 6 heteroatoms. The minimum Gasteiger partial charge on any atom is -0.382 e. The van der Waals surface area contributed by atoms with Crippen LogP contribution in [0.25, 0.3) is 0 Å². The van der Waals surface area contributed by atoms with Crippen molar-refractivity contribution in [2.45, 2.75) is 12.3 Å². The van der Waals surface area contributed by atoms with Gasteiger partial charge in [-0.2, -0.15) is 5.10 Å². The van der Waals surface area contributed by atoms with Crippen LogP contribution in [0.15, 0.2) is 17.5 Å². The number of carbonyl (C=O) groups is 1. The van der Waals surface area contributed by atoms with Crippen molar-refractivity contribution in [3.8, 4) is 0 Å². The van der Waals surface area contributed by atoms with Crippen LogP contribution in [0, 0.1) is 0 Å². The van der Waals surface area contributed by atoms with Gasteiger partial charge in [0.2, 0.25) is 5.91 Å². The molecular formula is C11H12N4OS. The van der Waals surface area contributed by atoms with E-state index in [0.29, 0.717) is 12.2 Å². The Labute approximate surface area is 102 Å². The Morgan fingerprint density at radius 3 is 3.18 bits per heavy atom. The summed E-state index contributed by atoms with van der Waals surface area (Å²) in [6, 6.07) is 4.02. The zero-order valence-corrected chi connectivity index (χ0v) is 10.1. The lowest BCUT2D eigenvalue weighted by atomic mass is 9.92. The maximum atomic E-state index is 11.7. The number of nitrogens with two attached hydrogens (primary N) is 1. The summed E-state index contributed by atoms with van der Waals surface area (Å²) in [5.41, 5.74) is 6.86. The van der Waals surface area contributed by atoms with Crippen LogP contribution in [0.3, 0.4) is 0 Å². The van der Waals surface area contributed by atoms with Crippen molar-refractivity contribution in [1.29, 1.82) is 0 Å². The Morgan fingerprint density at radius 2 is 2.47 bits per heavy atom. The summed E-state index contributed by atoms with van der Waals surface area (Å²) in [5, 5.41) is 9.01. The lowest BCUT2D eigenvalue weighted by molar-refractivity contribution is -0.116. The molecule has 0 radical (unpaired) electrons. The molecule has 1 aliphatic rings. The van der Waals surface area contributed by atoms with Gasteiger partial charge in [-0.1, -0.05) is 6.07 Å². The van der Waals surface area contributed by atoms with Gasteiger partial charge in [0, 0.05) is 29.8 Å². The fraction of sp³-hybridized carbons (Fsp3) is 0.273. The van der Waals surface area contributed by atoms with Crippen molar-refractivity contribution in [3.05, 3.63) is 28.0 Å². The summed E-state index contributed by atoms with van der Waals surface area (Å²) >= 11 is 1.64. The van der Waals surface area contributed by atoms with Crippen LogP contribution < -0.4 is 11.1 Å². The van der Waals surface area contributed by atoms with Crippen LogP contribution in [0.2, 0.25) is 0 Å². The van der Waals surface area contributed by atoms with Crippen molar-refractivity contribution in [1.82, 2.24) is 9.78 Å². The van der Waals surface area contributed by atoms with Crippen molar-refractivity contribution < 1.29 is 4.79 Å². The number of hydrogen-bond donors (Lipinski definition) is 2. The third-order valence-corrected chi connectivity index (χ3v) is 3.98. The van der Waals surface area contributed by atoms with Crippen molar-refractivity contribution in [2.75, 3.05) is 11.1 Å². The lowest BCUT2D eigenvalue weighted by Crippen LogP contribution is -2.24. The van der Waals surface area contributed by atoms with Crippen LogP contribution >= 0.6 is 11.3 Å². The normalized spacial score (nSPS) is 18.9. The largest absolute Gasteiger partial charge is 0.382 e. The number of amides is 1. The molecule has 5 nitrogen and oxygen atoms in total. The summed E-state index contributed by atoms with van der Waals surface area (Å²) in [6.45, 7) is 0. The molecule has 88 valence electrons. The van der Waals surface area contributed by atoms with Crippen LogP contribution in [0.1, 0.15) is 22.8 Å². The number of aromatic nitrogens is 2. The van der Waals surface area contributed by atoms with E-state index in [2.05, 4.69) is 10.4 Å². The smallest absolute Gasteiger partial charge is 0.226 e. The number of nitrogen functional groups attached to an aromatic ring is 1. The fourth-order valence-corrected chi connectivity index (χ4v) is 3.09. The minimum absolute atomic E-state index is 0.0129. The Balaban J connectivity index is 2.17. The number of aryl methyl sites for hydroxylation is 1. The third kappa shape index (κ3) is 1.52. The second kappa shape index (κ2) is 3.59. The molecule has 0 saturated carbocycles. The fourth-order valence-electron chi connectivity index (χ4n) is 2.26. The number of thiophene rings is 1. The molecule has 17 heavy (non-hydrogen) atoms. The number of nitrogens with zero attached hydrogens (tertiary/aromatic N) is 2. The van der Waals surface area contributed by atoms with Crippen molar-refractivity contribution in [2.24, 2.45) is 7.05 Å². The van der Waals surface area contributed by atoms with Gasteiger partial charge in [-0.3, -0.25) is 9.48 Å². The number of rotatable bonds is 1. The number of anilines is 2. The highest BCUT2D eigenvalue weighted by Gasteiger charge is 2.32. The topological polar surface area (TPSA) is 72.9 Å². The second-order valence-corrected chi connectivity index (χ2v) is 5.07. The van der Waals surface area contributed by atoms with Crippen LogP contribution in [0.4, 0.5) is 11.6 Å². The van der Waals surface area contributed by atoms with E-state index in [1.807, 2.05) is 17.5 Å². The van der Waals surface area contributed by atoms with E-state index in [1.54, 1.807) is 23.1 Å². The van der Waals surface area contributed by atoms with Crippen LogP contribution in [0.5, 0.6) is 0 Å². The predicted molar refractivity (Wildman–Crippen MR) is 67.0 cm³/mol. The Morgan fingerprint density at radius 1 is 1.65 bits per heavy atom. The molecule has 2 aromatic heterocycles. The zero-order chi connectivity index (χ0) is 12.0. The number of nitrogens with one attached hydrogen (secondary N) is 1. The predicted octanol–water partition coefficient (Wildman–Crippen LogP) is 1.54. The van der Waals surface area contributed by atoms with Gasteiger partial charge in [0.15, 0.2) is 5.82 Å². The van der Waals surface area contributed by atoms with Crippen molar-refractivity contribution in [3.63, 3.8) is 0 Å². The average Bonchev–Trinajstić information content (AvgIpc) is 2.88. The molecule has 0 aromatic carbocycles. The van der Waals surface area contributed by atoms with Crippen LogP contribution in [-0.2, 0) is 11.8 Å². The molecular weight excluding hydrogens is 236 g/mol. The zero-order valence-electron chi connectivity index (χ0n) is 9.30. The highest BCUT2D eigenvalue weighted by molar-refractivity contribution is 7.10. The van der Waals surface area contributed by atoms with Gasteiger partial charge in [-0.15, -0.1) is 11.3 Å². The van der Waals surface area contributed by atoms with Crippen LogP contribution in [-0.4, -0.2) is 15.7 Å². The van der Waals surface area contributed by atoms with E-state index in [0.717, 1.165) is 16.3 Å². The molecule has 3 heterocycles. The number of hydrogen-bond acceptors (Lipinski definition) is 4. The van der Waals surface area contributed by atoms with E-state index in [1.165, 1.54) is 0 Å². The first-order valence-corrected chi connectivity index (χ1v) is 6.20. The molecule has 0 spiro atoms. The standard InChI is InChI=1S/C11H12N4OS/c1-15-11-9(10(12)14-15)6(5-8(16)13-11)7-3-2-4-17-7/h2-4,6H,5H2,1H3,(H2,12,14)(H,13,16). The summed E-state index contributed by atoms with van der Waals surface area (Å²) in [4.78, 5) is 12.9. The summed E-state index contributed by atoms with van der Waals surface area (Å²) in [7, 11) is 1.78. The van der Waals surface area contributed by atoms with Gasteiger partial charge in [0.25, 0.3) is 0 Å². The third-order valence-electron chi connectivity index (χ3n) is 2.99. The van der Waals surface area contributed by atoms with Gasteiger partial charge < -0.3 is 11.1 Å². The first kappa shape index (κ1) is 10.3. The van der Waals surface area contributed by atoms with E-state index in [9.17, 15) is 4.79 Å². The molecule has 1 amide bonds. The highest BCUT2D eigenvalue weighted by atomic mass is 32.1. The summed E-state index contributed by atoms with van der Waals surface area (Å²) in [6.07, 6.45) is 0.434. The molecule has 1 aliphatic heterocycles. The minimum atomic E-state index is 0.0129. The molecule has 3 rings (SSSR count). The second-order valence-electron chi connectivity index (χ2n) is 4.09. The Hall–Kier alpha value is -1.82. The molecule has 1 unspecified atom stereocenters. The average molecular weight is 248 g/mol.